The first-order valence-corrected chi connectivity index (χ1v) is 10.3. The number of carbonyl (C=O) groups is 1. The second-order valence-electron chi connectivity index (χ2n) is 5.00. The predicted octanol–water partition coefficient (Wildman–Crippen LogP) is 3.71. The first-order valence-electron chi connectivity index (χ1n) is 8.39. The maximum atomic E-state index is 11.5. The van der Waals surface area contributed by atoms with E-state index in [1.54, 1.807) is 6.08 Å². The highest BCUT2D eigenvalue weighted by Gasteiger charge is 2.39. The van der Waals surface area contributed by atoms with Gasteiger partial charge in [0.25, 0.3) is 0 Å². The lowest BCUT2D eigenvalue weighted by Gasteiger charge is -2.28. The van der Waals surface area contributed by atoms with Crippen LogP contribution in [0.15, 0.2) is 12.2 Å². The number of esters is 1. The first-order chi connectivity index (χ1) is 10.6. The van der Waals surface area contributed by atoms with Crippen molar-refractivity contribution < 1.29 is 22.8 Å². The molecule has 0 N–H and O–H groups in total. The molecule has 0 saturated heterocycles. The van der Waals surface area contributed by atoms with Crippen LogP contribution in [-0.2, 0) is 22.8 Å². The summed E-state index contributed by atoms with van der Waals surface area (Å²) in [6, 6.07) is 0.494. The van der Waals surface area contributed by atoms with E-state index in [4.69, 9.17) is 18.0 Å². The molecule has 0 saturated carbocycles. The van der Waals surface area contributed by atoms with Gasteiger partial charge in [0.2, 0.25) is 0 Å². The Kier molecular flexibility index (Phi) is 13.5. The zero-order valence-electron chi connectivity index (χ0n) is 14.6. The fraction of sp³-hybridized carbons (Fsp3) is 0.812. The van der Waals surface area contributed by atoms with Crippen LogP contribution in [-0.4, -0.2) is 41.2 Å². The molecule has 22 heavy (non-hydrogen) atoms. The number of hydrogen-bond acceptors (Lipinski definition) is 5. The van der Waals surface area contributed by atoms with E-state index in [1.807, 2.05) is 6.92 Å². The summed E-state index contributed by atoms with van der Waals surface area (Å²) in [7, 11) is -2.75. The van der Waals surface area contributed by atoms with E-state index in [-0.39, 0.29) is 5.97 Å². The second-order valence-corrected chi connectivity index (χ2v) is 7.64. The van der Waals surface area contributed by atoms with E-state index in [2.05, 4.69) is 20.8 Å². The Morgan fingerprint density at radius 3 is 1.68 bits per heavy atom. The van der Waals surface area contributed by atoms with E-state index < -0.39 is 8.80 Å². The molecule has 6 heteroatoms. The van der Waals surface area contributed by atoms with E-state index in [1.165, 1.54) is 6.08 Å². The average molecular weight is 333 g/mol. The van der Waals surface area contributed by atoms with Crippen molar-refractivity contribution in [1.29, 1.82) is 0 Å². The fourth-order valence-electron chi connectivity index (χ4n) is 1.62. The second kappa shape index (κ2) is 13.9. The number of allylic oxidation sites excluding steroid dienone is 1. The number of ether oxygens (including phenoxy) is 1. The number of rotatable bonds is 14. The van der Waals surface area contributed by atoms with Gasteiger partial charge in [-0.2, -0.15) is 0 Å². The van der Waals surface area contributed by atoms with E-state index in [0.29, 0.717) is 32.5 Å². The largest absolute Gasteiger partial charge is 0.504 e. The van der Waals surface area contributed by atoms with Gasteiger partial charge in [-0.15, -0.1) is 0 Å². The maximum Gasteiger partial charge on any atom is 0.504 e. The van der Waals surface area contributed by atoms with Crippen LogP contribution >= 0.6 is 0 Å². The summed E-state index contributed by atoms with van der Waals surface area (Å²) in [5, 5.41) is 0. The van der Waals surface area contributed by atoms with Crippen molar-refractivity contribution in [3.8, 4) is 0 Å². The Morgan fingerprint density at radius 2 is 1.27 bits per heavy atom. The number of hydrogen-bond donors (Lipinski definition) is 0. The molecule has 0 aliphatic rings. The first kappa shape index (κ1) is 21.3. The zero-order valence-corrected chi connectivity index (χ0v) is 15.6. The van der Waals surface area contributed by atoms with Crippen LogP contribution in [0.5, 0.6) is 0 Å². The molecule has 0 fully saturated rings. The van der Waals surface area contributed by atoms with Gasteiger partial charge < -0.3 is 18.0 Å². The molecule has 0 aromatic rings. The minimum absolute atomic E-state index is 0.328. The van der Waals surface area contributed by atoms with Gasteiger partial charge in [0, 0.05) is 31.9 Å². The van der Waals surface area contributed by atoms with Crippen molar-refractivity contribution >= 4 is 14.8 Å². The van der Waals surface area contributed by atoms with Crippen LogP contribution in [0.25, 0.3) is 0 Å². The third-order valence-electron chi connectivity index (χ3n) is 2.65. The Bertz CT molecular complexity index is 285. The number of carbonyl (C=O) groups excluding carboxylic acids is 1. The molecule has 0 spiro atoms. The molecule has 0 atom stereocenters. The Morgan fingerprint density at radius 1 is 0.818 bits per heavy atom. The third kappa shape index (κ3) is 10.1. The smallest absolute Gasteiger partial charge is 0.463 e. The van der Waals surface area contributed by atoms with Gasteiger partial charge in [-0.05, 0) is 25.7 Å². The Labute approximate surface area is 136 Å². The highest BCUT2D eigenvalue weighted by Crippen LogP contribution is 2.18. The van der Waals surface area contributed by atoms with Gasteiger partial charge in [-0.25, -0.2) is 4.79 Å². The molecule has 130 valence electrons. The molecule has 0 aromatic carbocycles. The van der Waals surface area contributed by atoms with Gasteiger partial charge in [0.1, 0.15) is 0 Å². The van der Waals surface area contributed by atoms with Gasteiger partial charge in [0.15, 0.2) is 0 Å². The van der Waals surface area contributed by atoms with Crippen LogP contribution in [0.3, 0.4) is 0 Å². The average Bonchev–Trinajstić information content (AvgIpc) is 2.53. The van der Waals surface area contributed by atoms with Crippen molar-refractivity contribution in [2.45, 2.75) is 59.4 Å². The van der Waals surface area contributed by atoms with Crippen molar-refractivity contribution in [2.75, 3.05) is 26.4 Å². The SMILES string of the molecule is CCCOC(=O)C=CC[Si](OCCC)(OCCC)OCCC. The lowest BCUT2D eigenvalue weighted by Crippen LogP contribution is -2.46. The zero-order chi connectivity index (χ0) is 16.7. The van der Waals surface area contributed by atoms with Crippen LogP contribution < -0.4 is 0 Å². The molecule has 0 unspecified atom stereocenters. The van der Waals surface area contributed by atoms with Gasteiger partial charge in [-0.3, -0.25) is 0 Å². The van der Waals surface area contributed by atoms with Crippen molar-refractivity contribution in [1.82, 2.24) is 0 Å². The highest BCUT2D eigenvalue weighted by molar-refractivity contribution is 6.61. The van der Waals surface area contributed by atoms with Gasteiger partial charge in [-0.1, -0.05) is 33.8 Å². The summed E-state index contributed by atoms with van der Waals surface area (Å²) >= 11 is 0. The molecule has 0 bridgehead atoms. The molecular weight excluding hydrogens is 300 g/mol. The minimum Gasteiger partial charge on any atom is -0.463 e. The van der Waals surface area contributed by atoms with Gasteiger partial charge >= 0.3 is 14.8 Å². The molecule has 0 aliphatic carbocycles. The summed E-state index contributed by atoms with van der Waals surface area (Å²) in [5.74, 6) is -0.328. The molecule has 5 nitrogen and oxygen atoms in total. The van der Waals surface area contributed by atoms with Gasteiger partial charge in [0.05, 0.1) is 6.61 Å². The lowest BCUT2D eigenvalue weighted by atomic mass is 10.5. The molecule has 0 amide bonds. The van der Waals surface area contributed by atoms with Crippen LogP contribution in [0.1, 0.15) is 53.4 Å². The summed E-state index contributed by atoms with van der Waals surface area (Å²) in [6.45, 7) is 10.4. The molecule has 0 rings (SSSR count). The lowest BCUT2D eigenvalue weighted by molar-refractivity contribution is -0.137. The molecule has 0 aliphatic heterocycles. The summed E-state index contributed by atoms with van der Waals surface area (Å²) in [5.41, 5.74) is 0. The van der Waals surface area contributed by atoms with Crippen LogP contribution in [0.4, 0.5) is 0 Å². The normalized spacial score (nSPS) is 12.0. The minimum atomic E-state index is -2.75. The summed E-state index contributed by atoms with van der Waals surface area (Å²) in [6.07, 6.45) is 6.73. The Balaban J connectivity index is 4.69. The predicted molar refractivity (Wildman–Crippen MR) is 89.7 cm³/mol. The Hall–Kier alpha value is -0.693. The van der Waals surface area contributed by atoms with E-state index >= 15 is 0 Å². The monoisotopic (exact) mass is 332 g/mol. The van der Waals surface area contributed by atoms with E-state index in [9.17, 15) is 4.79 Å². The fourth-order valence-corrected chi connectivity index (χ4v) is 4.18. The summed E-state index contributed by atoms with van der Waals surface area (Å²) < 4.78 is 22.8. The van der Waals surface area contributed by atoms with E-state index in [0.717, 1.165) is 25.7 Å². The van der Waals surface area contributed by atoms with Crippen LogP contribution in [0, 0.1) is 0 Å². The molecule has 0 aromatic heterocycles. The standard InChI is InChI=1S/C16H32O5Si/c1-5-11-18-16(17)10-9-15-22(19-12-6-2,20-13-7-3)21-14-8-4/h9-10H,5-8,11-15H2,1-4H3. The summed E-state index contributed by atoms with van der Waals surface area (Å²) in [4.78, 5) is 11.5. The maximum absolute atomic E-state index is 11.5. The molecular formula is C16H32O5Si. The third-order valence-corrected chi connectivity index (χ3v) is 5.32. The van der Waals surface area contributed by atoms with Crippen LogP contribution in [0.2, 0.25) is 6.04 Å². The van der Waals surface area contributed by atoms with Crippen molar-refractivity contribution in [2.24, 2.45) is 0 Å². The quantitative estimate of drug-likeness (QED) is 0.276. The topological polar surface area (TPSA) is 54.0 Å². The molecule has 0 heterocycles. The van der Waals surface area contributed by atoms with Crippen molar-refractivity contribution in [3.05, 3.63) is 12.2 Å². The molecule has 0 radical (unpaired) electrons. The highest BCUT2D eigenvalue weighted by atomic mass is 28.4. The van der Waals surface area contributed by atoms with Crippen molar-refractivity contribution in [3.63, 3.8) is 0 Å².